The van der Waals surface area contributed by atoms with Gasteiger partial charge in [0.2, 0.25) is 5.91 Å². The number of nitrogens with one attached hydrogen (secondary N) is 3. The van der Waals surface area contributed by atoms with E-state index in [1.807, 2.05) is 27.9 Å². The number of carbonyl (C=O) groups is 2. The van der Waals surface area contributed by atoms with E-state index < -0.39 is 18.0 Å². The van der Waals surface area contributed by atoms with Gasteiger partial charge in [-0.25, -0.2) is 0 Å². The number of ether oxygens (including phenoxy) is 1. The molecule has 0 atom stereocenters. The van der Waals surface area contributed by atoms with Crippen molar-refractivity contribution in [1.29, 1.82) is 0 Å². The van der Waals surface area contributed by atoms with Crippen LogP contribution in [0.1, 0.15) is 41.5 Å². The predicted octanol–water partition coefficient (Wildman–Crippen LogP) is 3.41. The highest BCUT2D eigenvalue weighted by Gasteiger charge is 2.31. The molecule has 3 aromatic heterocycles. The van der Waals surface area contributed by atoms with E-state index >= 15 is 0 Å². The van der Waals surface area contributed by atoms with Crippen molar-refractivity contribution in [3.8, 4) is 16.9 Å². The van der Waals surface area contributed by atoms with Gasteiger partial charge < -0.3 is 20.7 Å². The summed E-state index contributed by atoms with van der Waals surface area (Å²) in [4.78, 5) is 39.2. The highest BCUT2D eigenvalue weighted by molar-refractivity contribution is 6.00. The average molecular weight is 620 g/mol. The Morgan fingerprint density at radius 3 is 2.62 bits per heavy atom. The molecule has 0 unspecified atom stereocenters. The Morgan fingerprint density at radius 2 is 1.91 bits per heavy atom. The second-order valence-electron chi connectivity index (χ2n) is 10.9. The standard InChI is InChI=1S/C30H31F2N9O4/c1-33-28(43)25-23(11-24(37-38-25)36-27(42)17-8-9-17)35-22-7-3-6-21(26(22)45-2)19-12-34-41(14-19)20-15-39(16-20)13-18-5-4-10-40(29(18)44)30(31)32/h3-7,10-12,14,17,20,30H,8-9,13,15-16H2,1-2H3,(H,33,43)(H2,35,36,37,42). The third-order valence-corrected chi connectivity index (χ3v) is 7.81. The van der Waals surface area contributed by atoms with Crippen molar-refractivity contribution in [3.05, 3.63) is 76.6 Å². The monoisotopic (exact) mass is 619 g/mol. The van der Waals surface area contributed by atoms with Crippen LogP contribution in [-0.4, -0.2) is 68.5 Å². The van der Waals surface area contributed by atoms with E-state index in [1.54, 1.807) is 24.4 Å². The number of aromatic nitrogens is 5. The summed E-state index contributed by atoms with van der Waals surface area (Å²) in [7, 11) is 3.03. The highest BCUT2D eigenvalue weighted by Crippen LogP contribution is 2.39. The number of likely N-dealkylation sites (tertiary alicyclic amines) is 1. The fourth-order valence-corrected chi connectivity index (χ4v) is 5.22. The van der Waals surface area contributed by atoms with Gasteiger partial charge in [-0.15, -0.1) is 10.2 Å². The van der Waals surface area contributed by atoms with Crippen LogP contribution in [0, 0.1) is 5.92 Å². The van der Waals surface area contributed by atoms with Crippen molar-refractivity contribution in [2.45, 2.75) is 32.0 Å². The maximum Gasteiger partial charge on any atom is 0.321 e. The third kappa shape index (κ3) is 6.24. The van der Waals surface area contributed by atoms with Crippen LogP contribution in [0.25, 0.3) is 11.1 Å². The molecule has 4 heterocycles. The molecule has 0 bridgehead atoms. The first-order chi connectivity index (χ1) is 21.7. The molecule has 1 aromatic carbocycles. The molecular weight excluding hydrogens is 588 g/mol. The molecule has 2 fully saturated rings. The Labute approximate surface area is 256 Å². The minimum Gasteiger partial charge on any atom is -0.494 e. The van der Waals surface area contributed by atoms with Gasteiger partial charge in [-0.3, -0.25) is 28.5 Å². The van der Waals surface area contributed by atoms with E-state index in [9.17, 15) is 23.2 Å². The number of hydrogen-bond acceptors (Lipinski definition) is 9. The van der Waals surface area contributed by atoms with Gasteiger partial charge in [0, 0.05) is 67.8 Å². The number of rotatable bonds is 11. The Bertz CT molecular complexity index is 1800. The summed E-state index contributed by atoms with van der Waals surface area (Å²) < 4.78 is 34.2. The Kier molecular flexibility index (Phi) is 8.26. The molecule has 1 saturated carbocycles. The molecule has 0 radical (unpaired) electrons. The number of carbonyl (C=O) groups excluding carboxylic acids is 2. The Balaban J connectivity index is 1.19. The van der Waals surface area contributed by atoms with E-state index in [2.05, 4.69) is 31.2 Å². The van der Waals surface area contributed by atoms with Gasteiger partial charge in [-0.2, -0.15) is 13.9 Å². The lowest BCUT2D eigenvalue weighted by Crippen LogP contribution is -2.48. The van der Waals surface area contributed by atoms with Crippen molar-refractivity contribution < 1.29 is 23.1 Å². The molecule has 4 aromatic rings. The van der Waals surface area contributed by atoms with Crippen LogP contribution in [0.3, 0.4) is 0 Å². The van der Waals surface area contributed by atoms with Gasteiger partial charge in [0.25, 0.3) is 11.5 Å². The van der Waals surface area contributed by atoms with Crippen LogP contribution in [0.5, 0.6) is 5.75 Å². The quantitative estimate of drug-likeness (QED) is 0.230. The zero-order valence-electron chi connectivity index (χ0n) is 24.5. The normalized spacial score (nSPS) is 15.0. The molecule has 0 spiro atoms. The lowest BCUT2D eigenvalue weighted by atomic mass is 10.1. The number of methoxy groups -OCH3 is 1. The number of anilines is 3. The van der Waals surface area contributed by atoms with Gasteiger partial charge in [-0.05, 0) is 25.0 Å². The van der Waals surface area contributed by atoms with Gasteiger partial charge in [-0.1, -0.05) is 18.2 Å². The number of para-hydroxylation sites is 1. The van der Waals surface area contributed by atoms with Crippen LogP contribution < -0.4 is 26.2 Å². The highest BCUT2D eigenvalue weighted by atomic mass is 19.3. The number of alkyl halides is 2. The average Bonchev–Trinajstić information content (AvgIpc) is 3.76. The zero-order valence-corrected chi connectivity index (χ0v) is 24.5. The topological polar surface area (TPSA) is 148 Å². The first kappa shape index (κ1) is 29.9. The fraction of sp³-hybridized carbons (Fsp3) is 0.333. The van der Waals surface area contributed by atoms with E-state index in [4.69, 9.17) is 4.74 Å². The van der Waals surface area contributed by atoms with Gasteiger partial charge in [0.1, 0.15) is 5.75 Å². The van der Waals surface area contributed by atoms with E-state index in [0.717, 1.165) is 30.2 Å². The smallest absolute Gasteiger partial charge is 0.321 e. The van der Waals surface area contributed by atoms with Crippen LogP contribution in [0.2, 0.25) is 0 Å². The summed E-state index contributed by atoms with van der Waals surface area (Å²) in [5, 5.41) is 21.1. The maximum atomic E-state index is 13.1. The van der Waals surface area contributed by atoms with Crippen LogP contribution in [0.4, 0.5) is 26.0 Å². The SMILES string of the molecule is CNC(=O)c1nnc(NC(=O)C2CC2)cc1Nc1cccc(-c2cnn(C3CN(Cc4cccn(C(F)F)c4=O)C3)c2)c1OC. The number of halogens is 2. The predicted molar refractivity (Wildman–Crippen MR) is 161 cm³/mol. The fourth-order valence-electron chi connectivity index (χ4n) is 5.22. The number of pyridine rings is 1. The molecule has 1 saturated heterocycles. The number of amides is 2. The molecule has 15 heteroatoms. The van der Waals surface area contributed by atoms with Crippen molar-refractivity contribution >= 4 is 29.0 Å². The molecule has 2 amide bonds. The second-order valence-corrected chi connectivity index (χ2v) is 10.9. The summed E-state index contributed by atoms with van der Waals surface area (Å²) in [6, 6.07) is 10.1. The molecular formula is C30H31F2N9O4. The second kappa shape index (κ2) is 12.4. The van der Waals surface area contributed by atoms with E-state index in [-0.39, 0.29) is 35.9 Å². The number of hydrogen-bond donors (Lipinski definition) is 3. The molecule has 13 nitrogen and oxygen atoms in total. The molecule has 1 aliphatic heterocycles. The van der Waals surface area contributed by atoms with Crippen LogP contribution in [-0.2, 0) is 11.3 Å². The number of benzene rings is 1. The van der Waals surface area contributed by atoms with Crippen molar-refractivity contribution in [2.24, 2.45) is 5.92 Å². The lowest BCUT2D eigenvalue weighted by Gasteiger charge is -2.39. The summed E-state index contributed by atoms with van der Waals surface area (Å²) in [5.41, 5.74) is 2.07. The summed E-state index contributed by atoms with van der Waals surface area (Å²) in [5.74, 6) is 0.0966. The largest absolute Gasteiger partial charge is 0.494 e. The minimum absolute atomic E-state index is 0.0302. The summed E-state index contributed by atoms with van der Waals surface area (Å²) >= 11 is 0. The molecule has 234 valence electrons. The molecule has 2 aliphatic rings. The van der Waals surface area contributed by atoms with E-state index in [1.165, 1.54) is 20.2 Å². The Morgan fingerprint density at radius 1 is 1.11 bits per heavy atom. The molecule has 1 aliphatic carbocycles. The van der Waals surface area contributed by atoms with Gasteiger partial charge in [0.15, 0.2) is 11.5 Å². The first-order valence-corrected chi connectivity index (χ1v) is 14.4. The Hall–Kier alpha value is -5.18. The van der Waals surface area contributed by atoms with Gasteiger partial charge in [0.05, 0.1) is 30.7 Å². The minimum atomic E-state index is -2.88. The van der Waals surface area contributed by atoms with Crippen LogP contribution >= 0.6 is 0 Å². The first-order valence-electron chi connectivity index (χ1n) is 14.4. The van der Waals surface area contributed by atoms with E-state index in [0.29, 0.717) is 40.3 Å². The van der Waals surface area contributed by atoms with Crippen molar-refractivity contribution in [3.63, 3.8) is 0 Å². The lowest BCUT2D eigenvalue weighted by molar-refractivity contribution is -0.117. The molecule has 3 N–H and O–H groups in total. The number of nitrogens with zero attached hydrogens (tertiary/aromatic N) is 6. The third-order valence-electron chi connectivity index (χ3n) is 7.81. The van der Waals surface area contributed by atoms with Crippen LogP contribution in [0.15, 0.2) is 59.8 Å². The van der Waals surface area contributed by atoms with Crippen molar-refractivity contribution in [1.82, 2.24) is 34.8 Å². The van der Waals surface area contributed by atoms with Gasteiger partial charge >= 0.3 is 6.55 Å². The maximum absolute atomic E-state index is 13.1. The molecule has 45 heavy (non-hydrogen) atoms. The molecule has 6 rings (SSSR count). The zero-order chi connectivity index (χ0) is 31.7. The summed E-state index contributed by atoms with van der Waals surface area (Å²) in [6.07, 6.45) is 6.37. The van der Waals surface area contributed by atoms with Crippen molar-refractivity contribution in [2.75, 3.05) is 37.9 Å². The summed E-state index contributed by atoms with van der Waals surface area (Å²) in [6.45, 7) is -1.42.